The molecule has 0 spiro atoms. The van der Waals surface area contributed by atoms with E-state index in [0.29, 0.717) is 6.04 Å². The molecule has 6 heteroatoms. The molecule has 0 bridgehead atoms. The molecule has 1 saturated heterocycles. The first kappa shape index (κ1) is 15.1. The number of halogens is 3. The predicted octanol–water partition coefficient (Wildman–Crippen LogP) is 3.35. The second-order valence-corrected chi connectivity index (χ2v) is 5.26. The van der Waals surface area contributed by atoms with Crippen molar-refractivity contribution < 1.29 is 17.9 Å². The van der Waals surface area contributed by atoms with Gasteiger partial charge in [0.25, 0.3) is 0 Å². The van der Waals surface area contributed by atoms with E-state index in [9.17, 15) is 13.2 Å². The Bertz CT molecular complexity index is 447. The molecular formula is C14H19F3N2O. The quantitative estimate of drug-likeness (QED) is 0.853. The highest BCUT2D eigenvalue weighted by Crippen LogP contribution is 2.31. The molecule has 2 rings (SSSR count). The predicted molar refractivity (Wildman–Crippen MR) is 69.6 cm³/mol. The fourth-order valence-corrected chi connectivity index (χ4v) is 2.70. The van der Waals surface area contributed by atoms with E-state index in [2.05, 4.69) is 23.7 Å². The standard InChI is InChI=1S/C14H19F3N2O/c1-4-11-12(7-9(2)19(11)3)20-13-6-5-10(8-18-13)14(15,16)17/h5-6,8-9,11-12H,4,7H2,1-3H3. The largest absolute Gasteiger partial charge is 0.473 e. The van der Waals surface area contributed by atoms with Crippen molar-refractivity contribution in [1.82, 2.24) is 9.88 Å². The van der Waals surface area contributed by atoms with Gasteiger partial charge in [-0.1, -0.05) is 6.92 Å². The van der Waals surface area contributed by atoms with Crippen LogP contribution >= 0.6 is 0 Å². The fourth-order valence-electron chi connectivity index (χ4n) is 2.70. The monoisotopic (exact) mass is 288 g/mol. The molecule has 2 heterocycles. The molecule has 20 heavy (non-hydrogen) atoms. The summed E-state index contributed by atoms with van der Waals surface area (Å²) in [7, 11) is 2.04. The van der Waals surface area contributed by atoms with Gasteiger partial charge >= 0.3 is 6.18 Å². The van der Waals surface area contributed by atoms with Crippen molar-refractivity contribution in [2.75, 3.05) is 7.05 Å². The average molecular weight is 288 g/mol. The summed E-state index contributed by atoms with van der Waals surface area (Å²) in [5.74, 6) is 0.254. The van der Waals surface area contributed by atoms with E-state index in [1.807, 2.05) is 7.05 Å². The highest BCUT2D eigenvalue weighted by molar-refractivity contribution is 5.20. The van der Waals surface area contributed by atoms with Gasteiger partial charge in [0.15, 0.2) is 0 Å². The highest BCUT2D eigenvalue weighted by atomic mass is 19.4. The van der Waals surface area contributed by atoms with Crippen LogP contribution in [0.15, 0.2) is 18.3 Å². The van der Waals surface area contributed by atoms with Gasteiger partial charge in [0.1, 0.15) is 6.10 Å². The van der Waals surface area contributed by atoms with Crippen LogP contribution in [0.1, 0.15) is 32.3 Å². The van der Waals surface area contributed by atoms with E-state index in [0.717, 1.165) is 25.1 Å². The Balaban J connectivity index is 2.07. The number of ether oxygens (including phenoxy) is 1. The third kappa shape index (κ3) is 3.06. The maximum atomic E-state index is 12.5. The van der Waals surface area contributed by atoms with E-state index in [1.165, 1.54) is 6.07 Å². The number of hydrogen-bond donors (Lipinski definition) is 0. The van der Waals surface area contributed by atoms with Gasteiger partial charge in [0.2, 0.25) is 5.88 Å². The third-order valence-electron chi connectivity index (χ3n) is 3.98. The average Bonchev–Trinajstić information content (AvgIpc) is 2.64. The third-order valence-corrected chi connectivity index (χ3v) is 3.98. The molecule has 1 aromatic heterocycles. The number of likely N-dealkylation sites (N-methyl/N-ethyl adjacent to an activating group) is 1. The minimum Gasteiger partial charge on any atom is -0.473 e. The van der Waals surface area contributed by atoms with Crippen molar-refractivity contribution in [3.05, 3.63) is 23.9 Å². The number of pyridine rings is 1. The Kier molecular flexibility index (Phi) is 4.22. The van der Waals surface area contributed by atoms with Crippen LogP contribution in [0.25, 0.3) is 0 Å². The summed E-state index contributed by atoms with van der Waals surface area (Å²) in [6.45, 7) is 4.20. The zero-order chi connectivity index (χ0) is 14.9. The summed E-state index contributed by atoms with van der Waals surface area (Å²) in [5.41, 5.74) is -0.756. The van der Waals surface area contributed by atoms with Gasteiger partial charge in [0, 0.05) is 30.8 Å². The molecule has 1 aliphatic rings. The Labute approximate surface area is 116 Å². The number of hydrogen-bond acceptors (Lipinski definition) is 3. The van der Waals surface area contributed by atoms with Gasteiger partial charge in [-0.2, -0.15) is 13.2 Å². The van der Waals surface area contributed by atoms with Crippen molar-refractivity contribution in [3.8, 4) is 5.88 Å². The Morgan fingerprint density at radius 2 is 2.10 bits per heavy atom. The number of aromatic nitrogens is 1. The van der Waals surface area contributed by atoms with Crippen LogP contribution < -0.4 is 4.74 Å². The smallest absolute Gasteiger partial charge is 0.417 e. The summed E-state index contributed by atoms with van der Waals surface area (Å²) in [6, 6.07) is 2.97. The minimum absolute atomic E-state index is 0.0239. The van der Waals surface area contributed by atoms with Crippen LogP contribution in [-0.2, 0) is 6.18 Å². The highest BCUT2D eigenvalue weighted by Gasteiger charge is 2.37. The minimum atomic E-state index is -4.36. The van der Waals surface area contributed by atoms with E-state index in [4.69, 9.17) is 4.74 Å². The number of likely N-dealkylation sites (tertiary alicyclic amines) is 1. The molecule has 1 aliphatic heterocycles. The molecule has 0 N–H and O–H groups in total. The Morgan fingerprint density at radius 1 is 1.40 bits per heavy atom. The van der Waals surface area contributed by atoms with Crippen molar-refractivity contribution in [2.45, 2.75) is 51.1 Å². The van der Waals surface area contributed by atoms with E-state index in [-0.39, 0.29) is 18.0 Å². The number of rotatable bonds is 3. The topological polar surface area (TPSA) is 25.4 Å². The lowest BCUT2D eigenvalue weighted by molar-refractivity contribution is -0.137. The van der Waals surface area contributed by atoms with E-state index < -0.39 is 11.7 Å². The van der Waals surface area contributed by atoms with Crippen LogP contribution in [0.4, 0.5) is 13.2 Å². The van der Waals surface area contributed by atoms with Gasteiger partial charge in [-0.3, -0.25) is 4.90 Å². The van der Waals surface area contributed by atoms with Crippen LogP contribution in [0.2, 0.25) is 0 Å². The molecule has 3 nitrogen and oxygen atoms in total. The van der Waals surface area contributed by atoms with Crippen LogP contribution in [0, 0.1) is 0 Å². The molecule has 1 aromatic rings. The molecule has 3 unspecified atom stereocenters. The first-order valence-corrected chi connectivity index (χ1v) is 6.74. The van der Waals surface area contributed by atoms with Crippen molar-refractivity contribution in [2.24, 2.45) is 0 Å². The van der Waals surface area contributed by atoms with Gasteiger partial charge < -0.3 is 4.74 Å². The van der Waals surface area contributed by atoms with E-state index >= 15 is 0 Å². The fraction of sp³-hybridized carbons (Fsp3) is 0.643. The number of alkyl halides is 3. The molecular weight excluding hydrogens is 269 g/mol. The Morgan fingerprint density at radius 3 is 2.60 bits per heavy atom. The molecule has 0 amide bonds. The van der Waals surface area contributed by atoms with Crippen molar-refractivity contribution in [1.29, 1.82) is 0 Å². The zero-order valence-corrected chi connectivity index (χ0v) is 11.8. The molecule has 3 atom stereocenters. The normalized spacial score (nSPS) is 27.8. The van der Waals surface area contributed by atoms with Gasteiger partial charge in [-0.25, -0.2) is 4.98 Å². The summed E-state index contributed by atoms with van der Waals surface area (Å²) < 4.78 is 43.1. The van der Waals surface area contributed by atoms with E-state index in [1.54, 1.807) is 0 Å². The summed E-state index contributed by atoms with van der Waals surface area (Å²) in [6.07, 6.45) is -1.77. The van der Waals surface area contributed by atoms with Crippen LogP contribution in [-0.4, -0.2) is 35.1 Å². The molecule has 1 fully saturated rings. The SMILES string of the molecule is CCC1C(Oc2ccc(C(F)(F)F)cn2)CC(C)N1C. The maximum absolute atomic E-state index is 12.5. The first-order valence-electron chi connectivity index (χ1n) is 6.74. The summed E-state index contributed by atoms with van der Waals surface area (Å²) in [5, 5.41) is 0. The zero-order valence-electron chi connectivity index (χ0n) is 11.8. The maximum Gasteiger partial charge on any atom is 0.417 e. The van der Waals surface area contributed by atoms with Gasteiger partial charge in [0.05, 0.1) is 5.56 Å². The molecule has 112 valence electrons. The lowest BCUT2D eigenvalue weighted by Crippen LogP contribution is -2.36. The summed E-state index contributed by atoms with van der Waals surface area (Å²) in [4.78, 5) is 6.01. The van der Waals surface area contributed by atoms with Gasteiger partial charge in [-0.15, -0.1) is 0 Å². The molecule has 0 aliphatic carbocycles. The second-order valence-electron chi connectivity index (χ2n) is 5.26. The summed E-state index contributed by atoms with van der Waals surface area (Å²) >= 11 is 0. The molecule has 0 saturated carbocycles. The molecule has 0 radical (unpaired) electrons. The lowest BCUT2D eigenvalue weighted by Gasteiger charge is -2.25. The lowest BCUT2D eigenvalue weighted by atomic mass is 10.1. The van der Waals surface area contributed by atoms with Crippen molar-refractivity contribution in [3.63, 3.8) is 0 Å². The van der Waals surface area contributed by atoms with Crippen LogP contribution in [0.5, 0.6) is 5.88 Å². The second kappa shape index (κ2) is 5.60. The number of nitrogens with zero attached hydrogens (tertiary/aromatic N) is 2. The first-order chi connectivity index (χ1) is 9.32. The van der Waals surface area contributed by atoms with Crippen molar-refractivity contribution >= 4 is 0 Å². The molecule has 0 aromatic carbocycles. The van der Waals surface area contributed by atoms with Gasteiger partial charge in [-0.05, 0) is 26.5 Å². The Hall–Kier alpha value is -1.30. The van der Waals surface area contributed by atoms with Crippen LogP contribution in [0.3, 0.4) is 0 Å².